The molecule has 90 valence electrons. The summed E-state index contributed by atoms with van der Waals surface area (Å²) in [5.74, 6) is 0.814. The summed E-state index contributed by atoms with van der Waals surface area (Å²) in [5, 5.41) is 3.61. The van der Waals surface area contributed by atoms with Crippen LogP contribution in [0, 0.1) is 5.92 Å². The monoisotopic (exact) mass is 213 g/mol. The van der Waals surface area contributed by atoms with Gasteiger partial charge >= 0.3 is 0 Å². The van der Waals surface area contributed by atoms with Crippen LogP contribution in [0.3, 0.4) is 0 Å². The van der Waals surface area contributed by atoms with Crippen molar-refractivity contribution in [3.05, 3.63) is 0 Å². The van der Waals surface area contributed by atoms with Gasteiger partial charge in [-0.3, -0.25) is 0 Å². The first-order valence-corrected chi connectivity index (χ1v) is 6.36. The zero-order chi connectivity index (χ0) is 11.3. The fraction of sp³-hybridized carbons (Fsp3) is 1.00. The predicted octanol–water partition coefficient (Wildman–Crippen LogP) is 2.97. The van der Waals surface area contributed by atoms with Crippen LogP contribution in [-0.4, -0.2) is 25.3 Å². The average Bonchev–Trinajstić information content (AvgIpc) is 2.14. The number of rotatable bonds is 7. The Morgan fingerprint density at radius 3 is 2.27 bits per heavy atom. The quantitative estimate of drug-likeness (QED) is 0.702. The molecular weight excluding hydrogens is 186 g/mol. The Morgan fingerprint density at radius 2 is 1.87 bits per heavy atom. The molecule has 2 nitrogen and oxygen atoms in total. The molecule has 2 heteroatoms. The summed E-state index contributed by atoms with van der Waals surface area (Å²) in [4.78, 5) is 0. The highest BCUT2D eigenvalue weighted by atomic mass is 16.5. The zero-order valence-electron chi connectivity index (χ0n) is 10.8. The van der Waals surface area contributed by atoms with Crippen LogP contribution in [0.5, 0.6) is 0 Å². The van der Waals surface area contributed by atoms with E-state index in [1.165, 1.54) is 32.1 Å². The maximum absolute atomic E-state index is 5.59. The van der Waals surface area contributed by atoms with Crippen LogP contribution in [-0.2, 0) is 4.74 Å². The third-order valence-corrected chi connectivity index (χ3v) is 3.65. The Morgan fingerprint density at radius 1 is 1.20 bits per heavy atom. The van der Waals surface area contributed by atoms with E-state index in [9.17, 15) is 0 Å². The third kappa shape index (κ3) is 4.12. The van der Waals surface area contributed by atoms with Gasteiger partial charge < -0.3 is 10.1 Å². The first kappa shape index (κ1) is 13.0. The highest BCUT2D eigenvalue weighted by Crippen LogP contribution is 2.34. The number of methoxy groups -OCH3 is 1. The highest BCUT2D eigenvalue weighted by Gasteiger charge is 2.36. The Hall–Kier alpha value is -0.0800. The molecule has 0 aromatic rings. The molecule has 0 saturated heterocycles. The van der Waals surface area contributed by atoms with Gasteiger partial charge in [0.05, 0.1) is 5.60 Å². The molecule has 1 fully saturated rings. The van der Waals surface area contributed by atoms with Crippen molar-refractivity contribution in [2.24, 2.45) is 5.92 Å². The standard InChI is InChI=1S/C13H27NO/c1-11(2)6-7-12(3)14-10-13(15-4)8-5-9-13/h11-12,14H,5-10H2,1-4H3. The lowest BCUT2D eigenvalue weighted by Crippen LogP contribution is -2.49. The largest absolute Gasteiger partial charge is 0.377 e. The lowest BCUT2D eigenvalue weighted by Gasteiger charge is -2.41. The molecule has 1 N–H and O–H groups in total. The summed E-state index contributed by atoms with van der Waals surface area (Å²) in [6.07, 6.45) is 6.38. The first-order valence-electron chi connectivity index (χ1n) is 6.36. The lowest BCUT2D eigenvalue weighted by atomic mass is 9.80. The van der Waals surface area contributed by atoms with Crippen LogP contribution < -0.4 is 5.32 Å². The van der Waals surface area contributed by atoms with Crippen LogP contribution in [0.2, 0.25) is 0 Å². The van der Waals surface area contributed by atoms with Crippen molar-refractivity contribution in [1.82, 2.24) is 5.32 Å². The van der Waals surface area contributed by atoms with Crippen molar-refractivity contribution >= 4 is 0 Å². The minimum atomic E-state index is 0.173. The number of ether oxygens (including phenoxy) is 1. The average molecular weight is 213 g/mol. The Kier molecular flexibility index (Phi) is 5.07. The molecule has 0 radical (unpaired) electrons. The van der Waals surface area contributed by atoms with Crippen molar-refractivity contribution in [1.29, 1.82) is 0 Å². The van der Waals surface area contributed by atoms with E-state index in [1.54, 1.807) is 0 Å². The molecule has 1 aliphatic carbocycles. The van der Waals surface area contributed by atoms with Gasteiger partial charge in [0, 0.05) is 19.7 Å². The van der Waals surface area contributed by atoms with E-state index in [2.05, 4.69) is 26.1 Å². The van der Waals surface area contributed by atoms with Gasteiger partial charge in [0.2, 0.25) is 0 Å². The van der Waals surface area contributed by atoms with Gasteiger partial charge in [-0.05, 0) is 44.9 Å². The summed E-state index contributed by atoms with van der Waals surface area (Å²) in [5.41, 5.74) is 0.173. The van der Waals surface area contributed by atoms with E-state index in [0.29, 0.717) is 6.04 Å². The summed E-state index contributed by atoms with van der Waals surface area (Å²) in [7, 11) is 1.85. The van der Waals surface area contributed by atoms with Crippen LogP contribution in [0.4, 0.5) is 0 Å². The fourth-order valence-electron chi connectivity index (χ4n) is 2.07. The van der Waals surface area contributed by atoms with Gasteiger partial charge in [-0.1, -0.05) is 13.8 Å². The summed E-state index contributed by atoms with van der Waals surface area (Å²) in [6.45, 7) is 7.89. The van der Waals surface area contributed by atoms with Gasteiger partial charge in [0.1, 0.15) is 0 Å². The van der Waals surface area contributed by atoms with Crippen molar-refractivity contribution < 1.29 is 4.74 Å². The number of hydrogen-bond acceptors (Lipinski definition) is 2. The zero-order valence-corrected chi connectivity index (χ0v) is 10.8. The van der Waals surface area contributed by atoms with Crippen LogP contribution in [0.15, 0.2) is 0 Å². The van der Waals surface area contributed by atoms with E-state index in [-0.39, 0.29) is 5.60 Å². The number of hydrogen-bond donors (Lipinski definition) is 1. The molecule has 1 atom stereocenters. The van der Waals surface area contributed by atoms with E-state index in [4.69, 9.17) is 4.74 Å². The molecule has 0 aromatic carbocycles. The molecule has 0 spiro atoms. The maximum Gasteiger partial charge on any atom is 0.0802 e. The highest BCUT2D eigenvalue weighted by molar-refractivity contribution is 4.91. The fourth-order valence-corrected chi connectivity index (χ4v) is 2.07. The van der Waals surface area contributed by atoms with E-state index in [0.717, 1.165) is 12.5 Å². The van der Waals surface area contributed by atoms with Gasteiger partial charge in [-0.2, -0.15) is 0 Å². The second-order valence-corrected chi connectivity index (χ2v) is 5.49. The maximum atomic E-state index is 5.59. The van der Waals surface area contributed by atoms with E-state index >= 15 is 0 Å². The molecule has 1 unspecified atom stereocenters. The normalized spacial score (nSPS) is 21.4. The Bertz CT molecular complexity index is 170. The predicted molar refractivity (Wildman–Crippen MR) is 65.1 cm³/mol. The van der Waals surface area contributed by atoms with E-state index in [1.807, 2.05) is 7.11 Å². The smallest absolute Gasteiger partial charge is 0.0802 e. The minimum absolute atomic E-state index is 0.173. The molecule has 0 amide bonds. The third-order valence-electron chi connectivity index (χ3n) is 3.65. The summed E-state index contributed by atoms with van der Waals surface area (Å²) < 4.78 is 5.59. The molecular formula is C13H27NO. The molecule has 0 heterocycles. The van der Waals surface area contributed by atoms with Crippen molar-refractivity contribution in [3.63, 3.8) is 0 Å². The molecule has 0 bridgehead atoms. The number of nitrogens with one attached hydrogen (secondary N) is 1. The summed E-state index contributed by atoms with van der Waals surface area (Å²) in [6, 6.07) is 0.625. The van der Waals surface area contributed by atoms with Gasteiger partial charge in [-0.15, -0.1) is 0 Å². The van der Waals surface area contributed by atoms with Crippen molar-refractivity contribution in [2.75, 3.05) is 13.7 Å². The Labute approximate surface area is 94.8 Å². The second kappa shape index (κ2) is 5.86. The van der Waals surface area contributed by atoms with Crippen LogP contribution in [0.25, 0.3) is 0 Å². The first-order chi connectivity index (χ1) is 7.08. The molecule has 1 aliphatic rings. The van der Waals surface area contributed by atoms with Gasteiger partial charge in [0.15, 0.2) is 0 Å². The molecule has 0 aliphatic heterocycles. The van der Waals surface area contributed by atoms with Crippen molar-refractivity contribution in [3.8, 4) is 0 Å². The van der Waals surface area contributed by atoms with E-state index < -0.39 is 0 Å². The van der Waals surface area contributed by atoms with Gasteiger partial charge in [0.25, 0.3) is 0 Å². The Balaban J connectivity index is 2.12. The molecule has 1 saturated carbocycles. The van der Waals surface area contributed by atoms with Crippen LogP contribution in [0.1, 0.15) is 52.9 Å². The molecule has 15 heavy (non-hydrogen) atoms. The molecule has 1 rings (SSSR count). The summed E-state index contributed by atoms with van der Waals surface area (Å²) >= 11 is 0. The lowest BCUT2D eigenvalue weighted by molar-refractivity contribution is -0.0707. The van der Waals surface area contributed by atoms with Gasteiger partial charge in [-0.25, -0.2) is 0 Å². The van der Waals surface area contributed by atoms with Crippen LogP contribution >= 0.6 is 0 Å². The molecule has 0 aromatic heterocycles. The minimum Gasteiger partial charge on any atom is -0.377 e. The van der Waals surface area contributed by atoms with Crippen molar-refractivity contribution in [2.45, 2.75) is 64.5 Å². The SMILES string of the molecule is COC1(CNC(C)CCC(C)C)CCC1. The second-order valence-electron chi connectivity index (χ2n) is 5.49. The topological polar surface area (TPSA) is 21.3 Å².